The standard InChI is InChI=1S/C12H10N2/c1-8-7-14-11-5-4-10-9(12(8)11)3-2-6-13-10/h2-7,13H,1H3. The lowest BCUT2D eigenvalue weighted by Gasteiger charge is -1.99. The van der Waals surface area contributed by atoms with Gasteiger partial charge < -0.3 is 4.98 Å². The molecule has 0 spiro atoms. The largest absolute Gasteiger partial charge is 0.361 e. The number of benzene rings is 1. The molecule has 0 unspecified atom stereocenters. The number of aromatic nitrogens is 2. The van der Waals surface area contributed by atoms with Gasteiger partial charge in [-0.2, -0.15) is 0 Å². The normalized spacial score (nSPS) is 11.2. The Bertz CT molecular complexity index is 608. The fourth-order valence-corrected chi connectivity index (χ4v) is 1.94. The van der Waals surface area contributed by atoms with Gasteiger partial charge in [0.1, 0.15) is 0 Å². The van der Waals surface area contributed by atoms with E-state index in [1.807, 2.05) is 18.5 Å². The molecule has 3 rings (SSSR count). The van der Waals surface area contributed by atoms with E-state index in [0.29, 0.717) is 0 Å². The average molecular weight is 182 g/mol. The van der Waals surface area contributed by atoms with Gasteiger partial charge in [-0.1, -0.05) is 6.07 Å². The maximum Gasteiger partial charge on any atom is 0.0712 e. The lowest BCUT2D eigenvalue weighted by molar-refractivity contribution is 1.41. The molecule has 1 N–H and O–H groups in total. The first-order chi connectivity index (χ1) is 6.86. The first-order valence-electron chi connectivity index (χ1n) is 4.68. The number of rotatable bonds is 0. The second-order valence-corrected chi connectivity index (χ2v) is 3.53. The van der Waals surface area contributed by atoms with E-state index in [2.05, 4.69) is 35.1 Å². The van der Waals surface area contributed by atoms with Crippen LogP contribution in [-0.4, -0.2) is 9.97 Å². The molecule has 14 heavy (non-hydrogen) atoms. The predicted octanol–water partition coefficient (Wildman–Crippen LogP) is 3.02. The van der Waals surface area contributed by atoms with Crippen LogP contribution in [-0.2, 0) is 0 Å². The van der Waals surface area contributed by atoms with Crippen molar-refractivity contribution >= 4 is 21.8 Å². The van der Waals surface area contributed by atoms with Gasteiger partial charge in [0.2, 0.25) is 0 Å². The van der Waals surface area contributed by atoms with Gasteiger partial charge in [-0.05, 0) is 30.7 Å². The molecule has 0 aliphatic carbocycles. The molecule has 0 radical (unpaired) electrons. The van der Waals surface area contributed by atoms with Gasteiger partial charge in [0.25, 0.3) is 0 Å². The Morgan fingerprint density at radius 3 is 3.07 bits per heavy atom. The number of nitrogens with one attached hydrogen (secondary N) is 1. The molecule has 0 aliphatic heterocycles. The fraction of sp³-hybridized carbons (Fsp3) is 0.0833. The third kappa shape index (κ3) is 0.880. The highest BCUT2D eigenvalue weighted by molar-refractivity contribution is 6.06. The molecule has 3 aromatic rings. The zero-order valence-electron chi connectivity index (χ0n) is 7.91. The summed E-state index contributed by atoms with van der Waals surface area (Å²) in [7, 11) is 0. The summed E-state index contributed by atoms with van der Waals surface area (Å²) >= 11 is 0. The molecule has 0 bridgehead atoms. The summed E-state index contributed by atoms with van der Waals surface area (Å²) in [6, 6.07) is 8.28. The molecular weight excluding hydrogens is 172 g/mol. The number of nitrogens with zero attached hydrogens (tertiary/aromatic N) is 1. The summed E-state index contributed by atoms with van der Waals surface area (Å²) in [5, 5.41) is 2.51. The Labute approximate surface area is 81.6 Å². The highest BCUT2D eigenvalue weighted by Gasteiger charge is 2.04. The third-order valence-electron chi connectivity index (χ3n) is 2.61. The second-order valence-electron chi connectivity index (χ2n) is 3.53. The van der Waals surface area contributed by atoms with Crippen molar-refractivity contribution in [2.75, 3.05) is 0 Å². The van der Waals surface area contributed by atoms with Crippen molar-refractivity contribution in [3.05, 3.63) is 42.2 Å². The third-order valence-corrected chi connectivity index (χ3v) is 2.61. The number of fused-ring (bicyclic) bond motifs is 3. The van der Waals surface area contributed by atoms with Crippen molar-refractivity contribution in [2.45, 2.75) is 6.92 Å². The monoisotopic (exact) mass is 182 g/mol. The number of pyridine rings is 1. The van der Waals surface area contributed by atoms with Crippen molar-refractivity contribution in [1.82, 2.24) is 9.97 Å². The topological polar surface area (TPSA) is 28.7 Å². The first kappa shape index (κ1) is 7.56. The molecule has 0 fully saturated rings. The second kappa shape index (κ2) is 2.58. The van der Waals surface area contributed by atoms with Crippen LogP contribution in [0.25, 0.3) is 21.8 Å². The summed E-state index contributed by atoms with van der Waals surface area (Å²) in [5.41, 5.74) is 3.48. The predicted molar refractivity (Wildman–Crippen MR) is 58.3 cm³/mol. The minimum absolute atomic E-state index is 1.08. The van der Waals surface area contributed by atoms with Crippen LogP contribution in [0.15, 0.2) is 36.7 Å². The van der Waals surface area contributed by atoms with E-state index in [1.165, 1.54) is 16.3 Å². The van der Waals surface area contributed by atoms with Crippen molar-refractivity contribution in [3.8, 4) is 0 Å². The van der Waals surface area contributed by atoms with Crippen molar-refractivity contribution in [2.24, 2.45) is 0 Å². The first-order valence-corrected chi connectivity index (χ1v) is 4.68. The van der Waals surface area contributed by atoms with Crippen molar-refractivity contribution in [1.29, 1.82) is 0 Å². The fourth-order valence-electron chi connectivity index (χ4n) is 1.94. The lowest BCUT2D eigenvalue weighted by Crippen LogP contribution is -1.78. The molecule has 0 saturated carbocycles. The van der Waals surface area contributed by atoms with Crippen LogP contribution in [0, 0.1) is 6.92 Å². The smallest absolute Gasteiger partial charge is 0.0712 e. The maximum atomic E-state index is 4.35. The van der Waals surface area contributed by atoms with E-state index in [9.17, 15) is 0 Å². The van der Waals surface area contributed by atoms with Gasteiger partial charge >= 0.3 is 0 Å². The number of hydrogen-bond donors (Lipinski definition) is 1. The minimum Gasteiger partial charge on any atom is -0.361 e. The molecule has 0 amide bonds. The SMILES string of the molecule is Cc1cnc2ccc3[nH]cccc3c12. The van der Waals surface area contributed by atoms with Crippen molar-refractivity contribution < 1.29 is 0 Å². The Morgan fingerprint density at radius 1 is 1.21 bits per heavy atom. The zero-order valence-corrected chi connectivity index (χ0v) is 7.91. The summed E-state index contributed by atoms with van der Waals surface area (Å²) in [5.74, 6) is 0. The Kier molecular flexibility index (Phi) is 1.39. The van der Waals surface area contributed by atoms with Crippen LogP contribution in [0.2, 0.25) is 0 Å². The quantitative estimate of drug-likeness (QED) is 0.568. The van der Waals surface area contributed by atoms with Gasteiger partial charge in [-0.25, -0.2) is 0 Å². The Hall–Kier alpha value is -1.83. The highest BCUT2D eigenvalue weighted by atomic mass is 14.7. The van der Waals surface area contributed by atoms with E-state index in [0.717, 1.165) is 11.0 Å². The molecular formula is C12H10N2. The van der Waals surface area contributed by atoms with E-state index in [1.54, 1.807) is 0 Å². The number of aromatic amines is 1. The molecule has 2 aromatic heterocycles. The Morgan fingerprint density at radius 2 is 2.14 bits per heavy atom. The highest BCUT2D eigenvalue weighted by Crippen LogP contribution is 2.25. The van der Waals surface area contributed by atoms with E-state index >= 15 is 0 Å². The van der Waals surface area contributed by atoms with Crippen LogP contribution in [0.3, 0.4) is 0 Å². The summed E-state index contributed by atoms with van der Waals surface area (Å²) in [6.45, 7) is 2.10. The van der Waals surface area contributed by atoms with E-state index in [-0.39, 0.29) is 0 Å². The zero-order chi connectivity index (χ0) is 9.54. The minimum atomic E-state index is 1.08. The molecule has 0 aliphatic rings. The van der Waals surface area contributed by atoms with E-state index in [4.69, 9.17) is 0 Å². The van der Waals surface area contributed by atoms with Crippen LogP contribution < -0.4 is 0 Å². The van der Waals surface area contributed by atoms with Crippen LogP contribution in [0.1, 0.15) is 5.56 Å². The lowest BCUT2D eigenvalue weighted by atomic mass is 10.1. The Balaban J connectivity index is 2.65. The van der Waals surface area contributed by atoms with Crippen LogP contribution >= 0.6 is 0 Å². The van der Waals surface area contributed by atoms with Gasteiger partial charge in [0, 0.05) is 28.7 Å². The van der Waals surface area contributed by atoms with Gasteiger partial charge in [0.15, 0.2) is 0 Å². The number of H-pyrrole nitrogens is 1. The molecule has 2 nitrogen and oxygen atoms in total. The van der Waals surface area contributed by atoms with Gasteiger partial charge in [-0.15, -0.1) is 0 Å². The molecule has 2 heteroatoms. The number of hydrogen-bond acceptors (Lipinski definition) is 1. The summed E-state index contributed by atoms with van der Waals surface area (Å²) in [4.78, 5) is 7.59. The molecule has 68 valence electrons. The molecule has 0 saturated heterocycles. The van der Waals surface area contributed by atoms with Crippen LogP contribution in [0.4, 0.5) is 0 Å². The van der Waals surface area contributed by atoms with E-state index < -0.39 is 0 Å². The molecule has 0 atom stereocenters. The van der Waals surface area contributed by atoms with Gasteiger partial charge in [0.05, 0.1) is 5.52 Å². The molecule has 2 heterocycles. The molecule has 1 aromatic carbocycles. The summed E-state index contributed by atoms with van der Waals surface area (Å²) in [6.07, 6.45) is 3.87. The van der Waals surface area contributed by atoms with Gasteiger partial charge in [-0.3, -0.25) is 4.98 Å². The maximum absolute atomic E-state index is 4.35. The average Bonchev–Trinajstić information content (AvgIpc) is 2.61. The van der Waals surface area contributed by atoms with Crippen LogP contribution in [0.5, 0.6) is 0 Å². The summed E-state index contributed by atoms with van der Waals surface area (Å²) < 4.78 is 0. The van der Waals surface area contributed by atoms with Crippen molar-refractivity contribution in [3.63, 3.8) is 0 Å². The number of aryl methyl sites for hydroxylation is 1.